The molecule has 0 saturated carbocycles. The van der Waals surface area contributed by atoms with Gasteiger partial charge in [-0.05, 0) is 43.2 Å². The molecule has 0 bridgehead atoms. The van der Waals surface area contributed by atoms with E-state index in [-0.39, 0.29) is 33.4 Å². The average Bonchev–Trinajstić information content (AvgIpc) is 2.83. The van der Waals surface area contributed by atoms with Gasteiger partial charge in [-0.15, -0.1) is 0 Å². The maximum absolute atomic E-state index is 13.5. The van der Waals surface area contributed by atoms with Crippen LogP contribution in [0.2, 0.25) is 5.02 Å². The molecule has 3 aromatic rings. The molecule has 35 heavy (non-hydrogen) atoms. The second kappa shape index (κ2) is 11.3. The van der Waals surface area contributed by atoms with Crippen molar-refractivity contribution in [2.24, 2.45) is 0 Å². The zero-order valence-corrected chi connectivity index (χ0v) is 20.7. The van der Waals surface area contributed by atoms with Crippen LogP contribution in [-0.4, -0.2) is 43.8 Å². The van der Waals surface area contributed by atoms with Crippen LogP contribution < -0.4 is 10.1 Å². The first kappa shape index (κ1) is 26.1. The van der Waals surface area contributed by atoms with Crippen molar-refractivity contribution in [3.8, 4) is 5.75 Å². The van der Waals surface area contributed by atoms with E-state index in [0.717, 1.165) is 9.87 Å². The molecule has 0 saturated heterocycles. The first-order valence-electron chi connectivity index (χ1n) is 10.5. The molecule has 11 heteroatoms. The van der Waals surface area contributed by atoms with Crippen molar-refractivity contribution in [3.05, 3.63) is 93.0 Å². The van der Waals surface area contributed by atoms with Gasteiger partial charge in [0.2, 0.25) is 15.9 Å². The summed E-state index contributed by atoms with van der Waals surface area (Å²) in [7, 11) is -2.70. The molecule has 0 aliphatic carbocycles. The minimum Gasteiger partial charge on any atom is -0.495 e. The fourth-order valence-electron chi connectivity index (χ4n) is 3.45. The van der Waals surface area contributed by atoms with Gasteiger partial charge in [-0.2, -0.15) is 4.31 Å². The first-order valence-corrected chi connectivity index (χ1v) is 12.4. The van der Waals surface area contributed by atoms with E-state index in [0.29, 0.717) is 12.2 Å². The topological polar surface area (TPSA) is 119 Å². The summed E-state index contributed by atoms with van der Waals surface area (Å²) in [4.78, 5) is 23.5. The van der Waals surface area contributed by atoms with Gasteiger partial charge in [0.05, 0.1) is 39.7 Å². The predicted octanol–water partition coefficient (Wildman–Crippen LogP) is 4.44. The number of anilines is 1. The second-order valence-corrected chi connectivity index (χ2v) is 9.97. The fourth-order valence-corrected chi connectivity index (χ4v) is 5.19. The normalized spacial score (nSPS) is 11.3. The Kier molecular flexibility index (Phi) is 8.44. The largest absolute Gasteiger partial charge is 0.495 e. The van der Waals surface area contributed by atoms with Gasteiger partial charge < -0.3 is 10.1 Å². The van der Waals surface area contributed by atoms with Crippen LogP contribution in [0, 0.1) is 17.0 Å². The molecule has 3 aromatic carbocycles. The third-order valence-electron chi connectivity index (χ3n) is 5.35. The summed E-state index contributed by atoms with van der Waals surface area (Å²) in [6, 6.07) is 17.6. The maximum atomic E-state index is 13.5. The summed E-state index contributed by atoms with van der Waals surface area (Å²) in [6.07, 6.45) is 0.368. The molecule has 1 N–H and O–H groups in total. The Morgan fingerprint density at radius 1 is 1.11 bits per heavy atom. The molecular weight excluding hydrogens is 494 g/mol. The van der Waals surface area contributed by atoms with E-state index in [2.05, 4.69) is 5.32 Å². The lowest BCUT2D eigenvalue weighted by atomic mass is 10.1. The van der Waals surface area contributed by atoms with Crippen molar-refractivity contribution in [3.63, 3.8) is 0 Å². The lowest BCUT2D eigenvalue weighted by Gasteiger charge is -2.22. The van der Waals surface area contributed by atoms with Crippen molar-refractivity contribution in [2.45, 2.75) is 18.2 Å². The minimum absolute atomic E-state index is 0.0251. The van der Waals surface area contributed by atoms with Gasteiger partial charge in [-0.1, -0.05) is 48.0 Å². The third-order valence-corrected chi connectivity index (χ3v) is 7.49. The molecule has 0 spiro atoms. The molecule has 0 aliphatic heterocycles. The number of hydrogen-bond acceptors (Lipinski definition) is 6. The lowest BCUT2D eigenvalue weighted by Crippen LogP contribution is -2.39. The number of ether oxygens (including phenoxy) is 1. The van der Waals surface area contributed by atoms with Gasteiger partial charge in [0.25, 0.3) is 5.69 Å². The van der Waals surface area contributed by atoms with Crippen molar-refractivity contribution < 1.29 is 22.9 Å². The molecule has 0 aliphatic rings. The molecule has 0 unspecified atom stereocenters. The Labute approximate surface area is 208 Å². The highest BCUT2D eigenvalue weighted by atomic mass is 35.5. The third kappa shape index (κ3) is 6.36. The zero-order valence-electron chi connectivity index (χ0n) is 19.1. The van der Waals surface area contributed by atoms with Gasteiger partial charge in [-0.25, -0.2) is 8.42 Å². The summed E-state index contributed by atoms with van der Waals surface area (Å²) in [5, 5.41) is 13.9. The maximum Gasteiger partial charge on any atom is 0.274 e. The Morgan fingerprint density at radius 3 is 2.46 bits per heavy atom. The van der Waals surface area contributed by atoms with E-state index in [4.69, 9.17) is 16.3 Å². The van der Waals surface area contributed by atoms with Crippen LogP contribution in [0.15, 0.2) is 71.6 Å². The van der Waals surface area contributed by atoms with E-state index < -0.39 is 27.4 Å². The summed E-state index contributed by atoms with van der Waals surface area (Å²) in [6.45, 7) is 1.04. The number of carbonyl (C=O) groups excluding carboxylic acids is 1. The Morgan fingerprint density at radius 2 is 1.83 bits per heavy atom. The summed E-state index contributed by atoms with van der Waals surface area (Å²) in [5.41, 5.74) is 1.25. The fraction of sp³-hybridized carbons (Fsp3) is 0.208. The number of rotatable bonds is 10. The number of nitro benzene ring substituents is 1. The lowest BCUT2D eigenvalue weighted by molar-refractivity contribution is -0.385. The smallest absolute Gasteiger partial charge is 0.274 e. The van der Waals surface area contributed by atoms with Gasteiger partial charge >= 0.3 is 0 Å². The van der Waals surface area contributed by atoms with Crippen LogP contribution in [0.4, 0.5) is 11.4 Å². The molecule has 0 atom stereocenters. The van der Waals surface area contributed by atoms with Crippen LogP contribution in [0.1, 0.15) is 11.1 Å². The van der Waals surface area contributed by atoms with Crippen LogP contribution >= 0.6 is 11.6 Å². The van der Waals surface area contributed by atoms with Gasteiger partial charge in [0, 0.05) is 12.6 Å². The molecule has 0 aromatic heterocycles. The monoisotopic (exact) mass is 517 g/mol. The first-order chi connectivity index (χ1) is 16.6. The van der Waals surface area contributed by atoms with E-state index in [1.165, 1.54) is 50.4 Å². The predicted molar refractivity (Wildman–Crippen MR) is 133 cm³/mol. The van der Waals surface area contributed by atoms with Gasteiger partial charge in [-0.3, -0.25) is 14.9 Å². The van der Waals surface area contributed by atoms with Crippen LogP contribution in [0.5, 0.6) is 5.75 Å². The Bertz CT molecular complexity index is 1330. The van der Waals surface area contributed by atoms with Gasteiger partial charge in [0.1, 0.15) is 5.75 Å². The molecule has 1 amide bonds. The number of nitrogens with zero attached hydrogens (tertiary/aromatic N) is 2. The van der Waals surface area contributed by atoms with Crippen LogP contribution in [0.25, 0.3) is 0 Å². The Hall–Kier alpha value is -3.47. The van der Waals surface area contributed by atoms with Crippen LogP contribution in [-0.2, 0) is 21.2 Å². The molecule has 9 nitrogen and oxygen atoms in total. The average molecular weight is 518 g/mol. The molecule has 3 rings (SSSR count). The Balaban J connectivity index is 1.88. The minimum atomic E-state index is -4.11. The second-order valence-electron chi connectivity index (χ2n) is 7.63. The van der Waals surface area contributed by atoms with Gasteiger partial charge in [0.15, 0.2) is 0 Å². The zero-order chi connectivity index (χ0) is 25.6. The number of hydrogen-bond donors (Lipinski definition) is 1. The van der Waals surface area contributed by atoms with E-state index in [1.807, 2.05) is 30.3 Å². The van der Waals surface area contributed by atoms with E-state index >= 15 is 0 Å². The number of nitro groups is 1. The van der Waals surface area contributed by atoms with Crippen molar-refractivity contribution in [1.29, 1.82) is 0 Å². The highest BCUT2D eigenvalue weighted by Crippen LogP contribution is 2.29. The number of methoxy groups -OCH3 is 1. The quantitative estimate of drug-likeness (QED) is 0.314. The molecule has 0 radical (unpaired) electrons. The molecular formula is C24H24ClN3O6S. The highest BCUT2D eigenvalue weighted by Gasteiger charge is 2.28. The molecule has 0 heterocycles. The van der Waals surface area contributed by atoms with E-state index in [9.17, 15) is 23.3 Å². The number of nitrogens with one attached hydrogen (secondary N) is 1. The van der Waals surface area contributed by atoms with Crippen molar-refractivity contribution in [1.82, 2.24) is 4.31 Å². The summed E-state index contributed by atoms with van der Waals surface area (Å²) < 4.78 is 33.1. The summed E-state index contributed by atoms with van der Waals surface area (Å²) >= 11 is 6.14. The summed E-state index contributed by atoms with van der Waals surface area (Å²) in [5.74, 6) is -0.315. The number of sulfonamides is 1. The number of halogens is 1. The highest BCUT2D eigenvalue weighted by molar-refractivity contribution is 7.89. The van der Waals surface area contributed by atoms with Crippen LogP contribution in [0.3, 0.4) is 0 Å². The molecule has 0 fully saturated rings. The van der Waals surface area contributed by atoms with Crippen molar-refractivity contribution in [2.75, 3.05) is 25.5 Å². The number of carbonyl (C=O) groups is 1. The SMILES string of the molecule is COc1ccc(S(=O)(=O)N(CCc2ccccc2)CC(=O)Nc2cccc([N+](=O)[O-])c2C)cc1Cl. The number of amides is 1. The molecule has 184 valence electrons. The van der Waals surface area contributed by atoms with E-state index in [1.54, 1.807) is 0 Å². The standard InChI is InChI=1S/C24H24ClN3O6S/c1-17-21(9-6-10-22(17)28(30)31)26-24(29)16-27(14-13-18-7-4-3-5-8-18)35(32,33)19-11-12-23(34-2)20(25)15-19/h3-12,15H,13-14,16H2,1-2H3,(H,26,29). The van der Waals surface area contributed by atoms with Crippen molar-refractivity contribution >= 4 is 38.9 Å². The number of benzene rings is 3.